The van der Waals surface area contributed by atoms with Gasteiger partial charge in [0.15, 0.2) is 11.6 Å². The number of anilines is 2. The molecule has 0 aromatic carbocycles. The molecule has 2 aromatic heterocycles. The summed E-state index contributed by atoms with van der Waals surface area (Å²) < 4.78 is 0. The van der Waals surface area contributed by atoms with E-state index in [1.807, 2.05) is 0 Å². The molecule has 0 spiro atoms. The summed E-state index contributed by atoms with van der Waals surface area (Å²) in [5, 5.41) is 22.5. The fourth-order valence-corrected chi connectivity index (χ4v) is 0.655. The van der Waals surface area contributed by atoms with Crippen LogP contribution in [0.4, 0.5) is 11.6 Å². The zero-order valence-corrected chi connectivity index (χ0v) is 5.44. The second kappa shape index (κ2) is 2.37. The van der Waals surface area contributed by atoms with Crippen molar-refractivity contribution < 1.29 is 0 Å². The first-order valence-electron chi connectivity index (χ1n) is 2.94. The summed E-state index contributed by atoms with van der Waals surface area (Å²) in [6, 6.07) is 0. The predicted octanol–water partition coefficient (Wildman–Crippen LogP) is -0.334. The molecule has 0 unspecified atom stereocenters. The van der Waals surface area contributed by atoms with Crippen LogP contribution >= 0.6 is 0 Å². The SMILES string of the molecule is c1n[nH]nc1Nc1cn[nH]n1. The fourth-order valence-electron chi connectivity index (χ4n) is 0.655. The molecule has 2 heterocycles. The van der Waals surface area contributed by atoms with Gasteiger partial charge < -0.3 is 5.32 Å². The van der Waals surface area contributed by atoms with E-state index in [0.717, 1.165) is 0 Å². The van der Waals surface area contributed by atoms with E-state index in [1.54, 1.807) is 12.4 Å². The lowest BCUT2D eigenvalue weighted by atomic mass is 10.6. The van der Waals surface area contributed by atoms with Gasteiger partial charge in [0.05, 0.1) is 12.4 Å². The zero-order chi connectivity index (χ0) is 7.52. The maximum absolute atomic E-state index is 3.76. The van der Waals surface area contributed by atoms with Crippen LogP contribution in [-0.4, -0.2) is 30.8 Å². The molecule has 0 amide bonds. The third kappa shape index (κ3) is 1.16. The van der Waals surface area contributed by atoms with Gasteiger partial charge in [0.25, 0.3) is 0 Å². The van der Waals surface area contributed by atoms with Crippen LogP contribution in [0.2, 0.25) is 0 Å². The number of hydrogen-bond donors (Lipinski definition) is 3. The van der Waals surface area contributed by atoms with Gasteiger partial charge in [-0.2, -0.15) is 20.6 Å². The molecule has 0 fully saturated rings. The van der Waals surface area contributed by atoms with Crippen LogP contribution in [0.1, 0.15) is 0 Å². The van der Waals surface area contributed by atoms with Gasteiger partial charge >= 0.3 is 0 Å². The average molecular weight is 151 g/mol. The highest BCUT2D eigenvalue weighted by molar-refractivity contribution is 5.47. The Morgan fingerprint density at radius 1 is 1.00 bits per heavy atom. The molecule has 7 nitrogen and oxygen atoms in total. The van der Waals surface area contributed by atoms with Crippen LogP contribution in [0.15, 0.2) is 12.4 Å². The molecule has 0 aliphatic rings. The van der Waals surface area contributed by atoms with Gasteiger partial charge in [-0.1, -0.05) is 0 Å². The summed E-state index contributed by atoms with van der Waals surface area (Å²) in [5.74, 6) is 1.22. The third-order valence-corrected chi connectivity index (χ3v) is 1.09. The predicted molar refractivity (Wildman–Crippen MR) is 36.0 cm³/mol. The highest BCUT2D eigenvalue weighted by atomic mass is 15.4. The Balaban J connectivity index is 2.14. The first-order valence-corrected chi connectivity index (χ1v) is 2.94. The van der Waals surface area contributed by atoms with Gasteiger partial charge in [0.1, 0.15) is 0 Å². The summed E-state index contributed by atoms with van der Waals surface area (Å²) in [6.07, 6.45) is 3.10. The average Bonchev–Trinajstić information content (AvgIpc) is 2.60. The highest BCUT2D eigenvalue weighted by Crippen LogP contribution is 2.05. The molecule has 0 atom stereocenters. The second-order valence-corrected chi connectivity index (χ2v) is 1.84. The molecule has 0 saturated heterocycles. The molecule has 0 aliphatic heterocycles. The first kappa shape index (κ1) is 5.83. The summed E-state index contributed by atoms with van der Waals surface area (Å²) in [5.41, 5.74) is 0. The normalized spacial score (nSPS) is 9.82. The van der Waals surface area contributed by atoms with Crippen LogP contribution < -0.4 is 5.32 Å². The minimum absolute atomic E-state index is 0.610. The second-order valence-electron chi connectivity index (χ2n) is 1.84. The van der Waals surface area contributed by atoms with E-state index in [9.17, 15) is 0 Å². The van der Waals surface area contributed by atoms with Crippen molar-refractivity contribution in [3.8, 4) is 0 Å². The zero-order valence-electron chi connectivity index (χ0n) is 5.44. The van der Waals surface area contributed by atoms with Gasteiger partial charge in [-0.25, -0.2) is 0 Å². The van der Waals surface area contributed by atoms with Gasteiger partial charge in [-0.3, -0.25) is 0 Å². The van der Waals surface area contributed by atoms with Crippen LogP contribution in [0, 0.1) is 0 Å². The first-order chi connectivity index (χ1) is 5.45. The van der Waals surface area contributed by atoms with Crippen LogP contribution in [0.25, 0.3) is 0 Å². The van der Waals surface area contributed by atoms with Crippen LogP contribution in [0.5, 0.6) is 0 Å². The third-order valence-electron chi connectivity index (χ3n) is 1.09. The molecular weight excluding hydrogens is 146 g/mol. The smallest absolute Gasteiger partial charge is 0.173 e. The molecule has 11 heavy (non-hydrogen) atoms. The molecule has 56 valence electrons. The number of aromatic nitrogens is 6. The van der Waals surface area contributed by atoms with Crippen molar-refractivity contribution in [3.05, 3.63) is 12.4 Å². The van der Waals surface area contributed by atoms with Gasteiger partial charge in [-0.05, 0) is 0 Å². The summed E-state index contributed by atoms with van der Waals surface area (Å²) >= 11 is 0. The lowest BCUT2D eigenvalue weighted by molar-refractivity contribution is 0.935. The van der Waals surface area contributed by atoms with Crippen molar-refractivity contribution in [2.45, 2.75) is 0 Å². The minimum Gasteiger partial charge on any atom is -0.319 e. The summed E-state index contributed by atoms with van der Waals surface area (Å²) in [6.45, 7) is 0. The topological polar surface area (TPSA) is 95.2 Å². The number of hydrogen-bond acceptors (Lipinski definition) is 5. The van der Waals surface area contributed by atoms with Crippen LogP contribution in [-0.2, 0) is 0 Å². The maximum Gasteiger partial charge on any atom is 0.173 e. The van der Waals surface area contributed by atoms with Crippen molar-refractivity contribution in [1.82, 2.24) is 30.8 Å². The molecular formula is C4H5N7. The molecule has 3 N–H and O–H groups in total. The van der Waals surface area contributed by atoms with Crippen molar-refractivity contribution in [3.63, 3.8) is 0 Å². The molecule has 7 heteroatoms. The minimum atomic E-state index is 0.610. The monoisotopic (exact) mass is 151 g/mol. The maximum atomic E-state index is 3.76. The number of aromatic amines is 2. The Morgan fingerprint density at radius 3 is 1.91 bits per heavy atom. The number of rotatable bonds is 2. The standard InChI is InChI=1S/C4H5N7/c1-3(8-10-5-1)7-4-2-6-11-9-4/h1-2H,(H3,5,6,7,8,9,10,11). The van der Waals surface area contributed by atoms with E-state index in [4.69, 9.17) is 0 Å². The molecule has 2 aromatic rings. The van der Waals surface area contributed by atoms with E-state index in [2.05, 4.69) is 36.1 Å². The van der Waals surface area contributed by atoms with Gasteiger partial charge in [0, 0.05) is 0 Å². The lowest BCUT2D eigenvalue weighted by Gasteiger charge is -1.91. The van der Waals surface area contributed by atoms with E-state index < -0.39 is 0 Å². The van der Waals surface area contributed by atoms with Crippen LogP contribution in [0.3, 0.4) is 0 Å². The van der Waals surface area contributed by atoms with Crippen molar-refractivity contribution in [2.24, 2.45) is 0 Å². The quantitative estimate of drug-likeness (QED) is 0.546. The Labute approximate surface area is 61.2 Å². The number of H-pyrrole nitrogens is 2. The van der Waals surface area contributed by atoms with E-state index in [1.165, 1.54) is 0 Å². The Hall–Kier alpha value is -1.92. The molecule has 0 radical (unpaired) electrons. The fraction of sp³-hybridized carbons (Fsp3) is 0. The Bertz CT molecular complexity index is 263. The number of nitrogens with one attached hydrogen (secondary N) is 3. The summed E-state index contributed by atoms with van der Waals surface area (Å²) in [4.78, 5) is 0. The van der Waals surface area contributed by atoms with E-state index in [0.29, 0.717) is 11.6 Å². The number of nitrogens with zero attached hydrogens (tertiary/aromatic N) is 4. The van der Waals surface area contributed by atoms with Gasteiger partial charge in [0.2, 0.25) is 0 Å². The summed E-state index contributed by atoms with van der Waals surface area (Å²) in [7, 11) is 0. The molecule has 0 saturated carbocycles. The van der Waals surface area contributed by atoms with E-state index in [-0.39, 0.29) is 0 Å². The largest absolute Gasteiger partial charge is 0.319 e. The Kier molecular flexibility index (Phi) is 1.26. The van der Waals surface area contributed by atoms with Crippen molar-refractivity contribution >= 4 is 11.6 Å². The Morgan fingerprint density at radius 2 is 1.55 bits per heavy atom. The van der Waals surface area contributed by atoms with E-state index >= 15 is 0 Å². The van der Waals surface area contributed by atoms with Crippen molar-refractivity contribution in [2.75, 3.05) is 5.32 Å². The highest BCUT2D eigenvalue weighted by Gasteiger charge is 1.97. The molecule has 2 rings (SSSR count). The van der Waals surface area contributed by atoms with Gasteiger partial charge in [-0.15, -0.1) is 10.2 Å². The molecule has 0 bridgehead atoms. The molecule has 0 aliphatic carbocycles. The lowest BCUT2D eigenvalue weighted by Crippen LogP contribution is -1.90. The van der Waals surface area contributed by atoms with Crippen molar-refractivity contribution in [1.29, 1.82) is 0 Å².